The van der Waals surface area contributed by atoms with E-state index in [0.29, 0.717) is 11.2 Å². The molecule has 0 aromatic heterocycles. The zero-order valence-electron chi connectivity index (χ0n) is 12.9. The van der Waals surface area contributed by atoms with Gasteiger partial charge in [0.25, 0.3) is 0 Å². The average molecular weight is 282 g/mol. The Bertz CT molecular complexity index is 550. The molecule has 4 fully saturated rings. The maximum Gasteiger partial charge on any atom is 0.119 e. The highest BCUT2D eigenvalue weighted by atomic mass is 16.3. The van der Waals surface area contributed by atoms with E-state index in [1.54, 1.807) is 5.56 Å². The number of phenols is 1. The zero-order valence-corrected chi connectivity index (χ0v) is 12.9. The van der Waals surface area contributed by atoms with Gasteiger partial charge in [0.2, 0.25) is 0 Å². The molecule has 0 spiro atoms. The molecule has 0 radical (unpaired) electrons. The second kappa shape index (κ2) is 4.27. The van der Waals surface area contributed by atoms with Crippen LogP contribution in [0.5, 0.6) is 5.75 Å². The van der Waals surface area contributed by atoms with Crippen LogP contribution in [-0.4, -0.2) is 5.11 Å². The number of hydrogen-bond acceptors (Lipinski definition) is 1. The van der Waals surface area contributed by atoms with Gasteiger partial charge in [-0.15, -0.1) is 0 Å². The lowest BCUT2D eigenvalue weighted by atomic mass is 9.48. The van der Waals surface area contributed by atoms with E-state index in [4.69, 9.17) is 0 Å². The van der Waals surface area contributed by atoms with Gasteiger partial charge in [-0.25, -0.2) is 0 Å². The van der Waals surface area contributed by atoms with E-state index in [9.17, 15) is 5.11 Å². The molecule has 4 bridgehead atoms. The molecule has 0 atom stereocenters. The highest BCUT2D eigenvalue weighted by molar-refractivity contribution is 5.48. The SMILES string of the molecule is Oc1cc2c(cc1C13CC4CC(CC(C4)C1)C3)CCCC2. The van der Waals surface area contributed by atoms with Gasteiger partial charge >= 0.3 is 0 Å². The number of fused-ring (bicyclic) bond motifs is 1. The topological polar surface area (TPSA) is 20.2 Å². The first kappa shape index (κ1) is 12.6. The second-order valence-electron chi connectivity index (χ2n) is 8.54. The van der Waals surface area contributed by atoms with Crippen molar-refractivity contribution in [3.63, 3.8) is 0 Å². The van der Waals surface area contributed by atoms with Gasteiger partial charge in [0, 0.05) is 5.56 Å². The molecule has 6 rings (SSSR count). The molecule has 1 aromatic rings. The molecule has 0 amide bonds. The van der Waals surface area contributed by atoms with Crippen LogP contribution in [0.1, 0.15) is 68.1 Å². The van der Waals surface area contributed by atoms with Crippen LogP contribution in [0, 0.1) is 17.8 Å². The number of phenolic OH excluding ortho intramolecular Hbond substituents is 1. The van der Waals surface area contributed by atoms with Gasteiger partial charge in [-0.1, -0.05) is 6.07 Å². The fourth-order valence-electron chi connectivity index (χ4n) is 6.64. The van der Waals surface area contributed by atoms with Crippen molar-refractivity contribution < 1.29 is 5.11 Å². The fourth-order valence-corrected chi connectivity index (χ4v) is 6.64. The quantitative estimate of drug-likeness (QED) is 0.789. The van der Waals surface area contributed by atoms with Crippen LogP contribution in [-0.2, 0) is 18.3 Å². The maximum absolute atomic E-state index is 10.7. The smallest absolute Gasteiger partial charge is 0.119 e. The van der Waals surface area contributed by atoms with Crippen molar-refractivity contribution in [1.82, 2.24) is 0 Å². The van der Waals surface area contributed by atoms with E-state index in [2.05, 4.69) is 12.1 Å². The summed E-state index contributed by atoms with van der Waals surface area (Å²) in [6.07, 6.45) is 13.5. The van der Waals surface area contributed by atoms with E-state index < -0.39 is 0 Å². The van der Waals surface area contributed by atoms with Crippen LogP contribution in [0.4, 0.5) is 0 Å². The first-order chi connectivity index (χ1) is 10.2. The van der Waals surface area contributed by atoms with E-state index >= 15 is 0 Å². The zero-order chi connectivity index (χ0) is 14.0. The summed E-state index contributed by atoms with van der Waals surface area (Å²) < 4.78 is 0. The molecule has 0 heterocycles. The normalized spacial score (nSPS) is 40.3. The highest BCUT2D eigenvalue weighted by Crippen LogP contribution is 2.62. The largest absolute Gasteiger partial charge is 0.508 e. The van der Waals surface area contributed by atoms with Crippen molar-refractivity contribution in [2.24, 2.45) is 17.8 Å². The Labute approximate surface area is 127 Å². The minimum Gasteiger partial charge on any atom is -0.508 e. The molecule has 5 aliphatic rings. The molecule has 5 aliphatic carbocycles. The predicted molar refractivity (Wildman–Crippen MR) is 84.6 cm³/mol. The Morgan fingerprint density at radius 3 is 1.90 bits per heavy atom. The predicted octanol–water partition coefficient (Wildman–Crippen LogP) is 4.74. The second-order valence-corrected chi connectivity index (χ2v) is 8.54. The molecule has 21 heavy (non-hydrogen) atoms. The Hall–Kier alpha value is -0.980. The lowest BCUT2D eigenvalue weighted by Crippen LogP contribution is -2.48. The van der Waals surface area contributed by atoms with E-state index in [1.807, 2.05) is 0 Å². The first-order valence-electron chi connectivity index (χ1n) is 9.07. The molecule has 1 heteroatoms. The number of rotatable bonds is 1. The summed E-state index contributed by atoms with van der Waals surface area (Å²) in [4.78, 5) is 0. The third-order valence-corrected chi connectivity index (χ3v) is 7.07. The molecule has 112 valence electrons. The molecule has 0 saturated heterocycles. The number of hydrogen-bond donors (Lipinski definition) is 1. The van der Waals surface area contributed by atoms with Gasteiger partial charge in [0.1, 0.15) is 5.75 Å². The standard InChI is InChI=1S/C20H26O/c21-19-9-17-4-2-1-3-16(17)8-18(19)20-10-13-5-14(11-20)7-15(6-13)12-20/h8-9,13-15,21H,1-7,10-12H2. The molecule has 4 saturated carbocycles. The number of aryl methyl sites for hydroxylation is 2. The van der Waals surface area contributed by atoms with Crippen LogP contribution in [0.3, 0.4) is 0 Å². The van der Waals surface area contributed by atoms with Gasteiger partial charge in [0.05, 0.1) is 0 Å². The molecule has 0 unspecified atom stereocenters. The Morgan fingerprint density at radius 2 is 1.33 bits per heavy atom. The first-order valence-corrected chi connectivity index (χ1v) is 9.07. The Kier molecular flexibility index (Phi) is 2.55. The Morgan fingerprint density at radius 1 is 0.810 bits per heavy atom. The fraction of sp³-hybridized carbons (Fsp3) is 0.700. The lowest BCUT2D eigenvalue weighted by Gasteiger charge is -2.57. The summed E-state index contributed by atoms with van der Waals surface area (Å²) in [6.45, 7) is 0. The van der Waals surface area contributed by atoms with Crippen molar-refractivity contribution in [1.29, 1.82) is 0 Å². The van der Waals surface area contributed by atoms with E-state index in [1.165, 1.54) is 75.3 Å². The van der Waals surface area contributed by atoms with E-state index in [-0.39, 0.29) is 0 Å². The van der Waals surface area contributed by atoms with Crippen LogP contribution in [0.15, 0.2) is 12.1 Å². The van der Waals surface area contributed by atoms with Crippen molar-refractivity contribution >= 4 is 0 Å². The summed E-state index contributed by atoms with van der Waals surface area (Å²) >= 11 is 0. The molecular weight excluding hydrogens is 256 g/mol. The maximum atomic E-state index is 10.7. The van der Waals surface area contributed by atoms with Gasteiger partial charge in [-0.2, -0.15) is 0 Å². The summed E-state index contributed by atoms with van der Waals surface area (Å²) in [5.74, 6) is 3.47. The number of aromatic hydroxyl groups is 1. The third kappa shape index (κ3) is 1.82. The lowest BCUT2D eigenvalue weighted by molar-refractivity contribution is -0.00618. The average Bonchev–Trinajstić information content (AvgIpc) is 2.45. The van der Waals surface area contributed by atoms with Crippen LogP contribution in [0.2, 0.25) is 0 Å². The summed E-state index contributed by atoms with van der Waals surface area (Å²) in [5, 5.41) is 10.7. The molecule has 0 aliphatic heterocycles. The minimum absolute atomic E-state index is 0.339. The van der Waals surface area contributed by atoms with Crippen LogP contribution >= 0.6 is 0 Å². The summed E-state index contributed by atoms with van der Waals surface area (Å²) in [7, 11) is 0. The van der Waals surface area contributed by atoms with Crippen molar-refractivity contribution in [3.05, 3.63) is 28.8 Å². The van der Waals surface area contributed by atoms with Crippen LogP contribution < -0.4 is 0 Å². The van der Waals surface area contributed by atoms with Gasteiger partial charge < -0.3 is 5.11 Å². The third-order valence-electron chi connectivity index (χ3n) is 7.07. The van der Waals surface area contributed by atoms with Crippen molar-refractivity contribution in [3.8, 4) is 5.75 Å². The molecule has 1 N–H and O–H groups in total. The monoisotopic (exact) mass is 282 g/mol. The van der Waals surface area contributed by atoms with Crippen LogP contribution in [0.25, 0.3) is 0 Å². The minimum atomic E-state index is 0.339. The number of benzene rings is 1. The molecule has 1 nitrogen and oxygen atoms in total. The molecular formula is C20H26O. The Balaban J connectivity index is 1.60. The summed E-state index contributed by atoms with van der Waals surface area (Å²) in [5.41, 5.74) is 4.64. The molecule has 1 aromatic carbocycles. The van der Waals surface area contributed by atoms with Gasteiger partial charge in [-0.3, -0.25) is 0 Å². The van der Waals surface area contributed by atoms with E-state index in [0.717, 1.165) is 17.8 Å². The summed E-state index contributed by atoms with van der Waals surface area (Å²) in [6, 6.07) is 4.55. The van der Waals surface area contributed by atoms with Crippen molar-refractivity contribution in [2.75, 3.05) is 0 Å². The van der Waals surface area contributed by atoms with Crippen molar-refractivity contribution in [2.45, 2.75) is 69.6 Å². The highest BCUT2D eigenvalue weighted by Gasteiger charge is 2.52. The van der Waals surface area contributed by atoms with Gasteiger partial charge in [-0.05, 0) is 105 Å². The van der Waals surface area contributed by atoms with Gasteiger partial charge in [0.15, 0.2) is 0 Å².